The zero-order valence-corrected chi connectivity index (χ0v) is 14.7. The van der Waals surface area contributed by atoms with E-state index in [-0.39, 0.29) is 0 Å². The molecule has 0 bridgehead atoms. The van der Waals surface area contributed by atoms with Gasteiger partial charge in [-0.3, -0.25) is 0 Å². The Morgan fingerprint density at radius 3 is 2.47 bits per heavy atom. The molecule has 1 nitrogen and oxygen atoms in total. The SMILES string of the molecule is CCCNC(CCC(C)C)c1cc(Br)c(Br)s1. The summed E-state index contributed by atoms with van der Waals surface area (Å²) in [4.78, 5) is 1.43. The highest BCUT2D eigenvalue weighted by molar-refractivity contribution is 9.13. The van der Waals surface area contributed by atoms with Crippen LogP contribution in [-0.2, 0) is 0 Å². The van der Waals surface area contributed by atoms with E-state index in [9.17, 15) is 0 Å². The van der Waals surface area contributed by atoms with Gasteiger partial charge in [0.05, 0.1) is 3.79 Å². The van der Waals surface area contributed by atoms with Crippen LogP contribution >= 0.6 is 43.2 Å². The van der Waals surface area contributed by atoms with Crippen LogP contribution in [0.2, 0.25) is 0 Å². The predicted molar refractivity (Wildman–Crippen MR) is 84.8 cm³/mol. The molecule has 0 aliphatic rings. The third-order valence-electron chi connectivity index (χ3n) is 2.68. The van der Waals surface area contributed by atoms with Crippen molar-refractivity contribution >= 4 is 43.2 Å². The average Bonchev–Trinajstić information content (AvgIpc) is 2.59. The van der Waals surface area contributed by atoms with Crippen molar-refractivity contribution in [1.29, 1.82) is 0 Å². The minimum Gasteiger partial charge on any atom is -0.309 e. The molecule has 0 aromatic carbocycles. The molecule has 4 heteroatoms. The number of hydrogen-bond acceptors (Lipinski definition) is 2. The largest absolute Gasteiger partial charge is 0.309 e. The molecule has 1 atom stereocenters. The molecule has 0 saturated carbocycles. The van der Waals surface area contributed by atoms with Gasteiger partial charge in [-0.1, -0.05) is 20.8 Å². The molecule has 1 unspecified atom stereocenters. The number of halogens is 2. The monoisotopic (exact) mass is 381 g/mol. The maximum absolute atomic E-state index is 3.65. The first kappa shape index (κ1) is 15.7. The maximum Gasteiger partial charge on any atom is 0.0843 e. The zero-order valence-electron chi connectivity index (χ0n) is 10.7. The summed E-state index contributed by atoms with van der Waals surface area (Å²) < 4.78 is 2.37. The van der Waals surface area contributed by atoms with Crippen molar-refractivity contribution in [2.24, 2.45) is 5.92 Å². The van der Waals surface area contributed by atoms with Gasteiger partial charge in [0.1, 0.15) is 0 Å². The van der Waals surface area contributed by atoms with Crippen LogP contribution in [0.4, 0.5) is 0 Å². The summed E-state index contributed by atoms with van der Waals surface area (Å²) in [6.45, 7) is 7.89. The topological polar surface area (TPSA) is 12.0 Å². The highest BCUT2D eigenvalue weighted by atomic mass is 79.9. The van der Waals surface area contributed by atoms with Crippen LogP contribution < -0.4 is 5.32 Å². The van der Waals surface area contributed by atoms with Crippen LogP contribution in [0.5, 0.6) is 0 Å². The summed E-state index contributed by atoms with van der Waals surface area (Å²) in [5.41, 5.74) is 0. The molecule has 98 valence electrons. The van der Waals surface area contributed by atoms with E-state index < -0.39 is 0 Å². The van der Waals surface area contributed by atoms with E-state index in [2.05, 4.69) is 64.0 Å². The van der Waals surface area contributed by atoms with E-state index >= 15 is 0 Å². The van der Waals surface area contributed by atoms with E-state index in [1.807, 2.05) is 11.3 Å². The molecule has 1 N–H and O–H groups in total. The van der Waals surface area contributed by atoms with Crippen LogP contribution in [0.15, 0.2) is 14.3 Å². The number of hydrogen-bond donors (Lipinski definition) is 1. The summed E-state index contributed by atoms with van der Waals surface area (Å²) in [7, 11) is 0. The van der Waals surface area contributed by atoms with E-state index in [0.717, 1.165) is 12.5 Å². The number of rotatable bonds is 7. The molecule has 0 radical (unpaired) electrons. The molecule has 1 aromatic heterocycles. The van der Waals surface area contributed by atoms with Crippen LogP contribution in [0.25, 0.3) is 0 Å². The van der Waals surface area contributed by atoms with Gasteiger partial charge in [0.15, 0.2) is 0 Å². The molecule has 0 fully saturated rings. The first-order valence-electron chi connectivity index (χ1n) is 6.22. The minimum atomic E-state index is 0.505. The van der Waals surface area contributed by atoms with Gasteiger partial charge in [-0.25, -0.2) is 0 Å². The lowest BCUT2D eigenvalue weighted by molar-refractivity contribution is 0.445. The third kappa shape index (κ3) is 5.41. The molecule has 0 aliphatic carbocycles. The van der Waals surface area contributed by atoms with Crippen LogP contribution in [0.1, 0.15) is 51.0 Å². The maximum atomic E-state index is 3.65. The lowest BCUT2D eigenvalue weighted by Gasteiger charge is -2.18. The summed E-state index contributed by atoms with van der Waals surface area (Å²) in [5, 5.41) is 3.65. The molecule has 17 heavy (non-hydrogen) atoms. The Hall–Kier alpha value is 0.620. The Kier molecular flexibility index (Phi) is 7.31. The van der Waals surface area contributed by atoms with Crippen molar-refractivity contribution in [1.82, 2.24) is 5.32 Å². The molecular weight excluding hydrogens is 362 g/mol. The van der Waals surface area contributed by atoms with E-state index in [0.29, 0.717) is 6.04 Å². The summed E-state index contributed by atoms with van der Waals surface area (Å²) in [5.74, 6) is 0.771. The van der Waals surface area contributed by atoms with Gasteiger partial charge in [-0.15, -0.1) is 11.3 Å². The van der Waals surface area contributed by atoms with Crippen molar-refractivity contribution < 1.29 is 0 Å². The molecular formula is C13H21Br2NS. The average molecular weight is 383 g/mol. The quantitative estimate of drug-likeness (QED) is 0.632. The van der Waals surface area contributed by atoms with Crippen molar-refractivity contribution in [3.8, 4) is 0 Å². The Bertz CT molecular complexity index is 317. The van der Waals surface area contributed by atoms with Gasteiger partial charge >= 0.3 is 0 Å². The summed E-state index contributed by atoms with van der Waals surface area (Å²) in [6, 6.07) is 2.74. The van der Waals surface area contributed by atoms with Crippen LogP contribution in [-0.4, -0.2) is 6.54 Å². The lowest BCUT2D eigenvalue weighted by atomic mass is 10.0. The van der Waals surface area contributed by atoms with Gasteiger partial charge in [0, 0.05) is 15.4 Å². The number of thiophene rings is 1. The van der Waals surface area contributed by atoms with E-state index in [1.54, 1.807) is 0 Å². The highest BCUT2D eigenvalue weighted by Gasteiger charge is 2.15. The Balaban J connectivity index is 2.67. The van der Waals surface area contributed by atoms with Crippen LogP contribution in [0.3, 0.4) is 0 Å². The molecule has 0 saturated heterocycles. The standard InChI is InChI=1S/C13H21Br2NS/c1-4-7-16-11(6-5-9(2)3)12-8-10(14)13(15)17-12/h8-9,11,16H,4-7H2,1-3H3. The number of nitrogens with one attached hydrogen (secondary N) is 1. The summed E-state index contributed by atoms with van der Waals surface area (Å²) in [6.07, 6.45) is 3.68. The highest BCUT2D eigenvalue weighted by Crippen LogP contribution is 2.37. The smallest absolute Gasteiger partial charge is 0.0843 e. The predicted octanol–water partition coefficient (Wildman–Crippen LogP) is 5.75. The van der Waals surface area contributed by atoms with Gasteiger partial charge in [-0.2, -0.15) is 0 Å². The second-order valence-corrected chi connectivity index (χ2v) is 8.00. The Morgan fingerprint density at radius 2 is 2.00 bits per heavy atom. The molecule has 1 rings (SSSR count). The zero-order chi connectivity index (χ0) is 12.8. The Morgan fingerprint density at radius 1 is 1.29 bits per heavy atom. The van der Waals surface area contributed by atoms with Crippen LogP contribution in [0, 0.1) is 5.92 Å². The lowest BCUT2D eigenvalue weighted by Crippen LogP contribution is -2.21. The fourth-order valence-electron chi connectivity index (χ4n) is 1.70. The molecule has 1 aromatic rings. The first-order valence-corrected chi connectivity index (χ1v) is 8.63. The second kappa shape index (κ2) is 7.93. The van der Waals surface area contributed by atoms with E-state index in [4.69, 9.17) is 0 Å². The normalized spacial score (nSPS) is 13.3. The molecule has 0 aliphatic heterocycles. The summed E-state index contributed by atoms with van der Waals surface area (Å²) >= 11 is 8.98. The molecule has 0 amide bonds. The third-order valence-corrected chi connectivity index (χ3v) is 6.05. The molecule has 1 heterocycles. The van der Waals surface area contributed by atoms with Gasteiger partial charge < -0.3 is 5.32 Å². The van der Waals surface area contributed by atoms with E-state index in [1.165, 1.54) is 32.4 Å². The first-order chi connectivity index (χ1) is 8.04. The van der Waals surface area contributed by atoms with Crippen molar-refractivity contribution in [2.45, 2.75) is 46.1 Å². The molecule has 0 spiro atoms. The van der Waals surface area contributed by atoms with Crippen molar-refractivity contribution in [2.75, 3.05) is 6.54 Å². The van der Waals surface area contributed by atoms with Gasteiger partial charge in [-0.05, 0) is 69.7 Å². The minimum absolute atomic E-state index is 0.505. The van der Waals surface area contributed by atoms with Gasteiger partial charge in [0.2, 0.25) is 0 Å². The van der Waals surface area contributed by atoms with Crippen molar-refractivity contribution in [3.05, 3.63) is 19.2 Å². The van der Waals surface area contributed by atoms with Crippen molar-refractivity contribution in [3.63, 3.8) is 0 Å². The van der Waals surface area contributed by atoms with Gasteiger partial charge in [0.25, 0.3) is 0 Å². The second-order valence-electron chi connectivity index (χ2n) is 4.75. The fourth-order valence-corrected chi connectivity index (χ4v) is 3.90. The Labute approximate surface area is 126 Å². The fraction of sp³-hybridized carbons (Fsp3) is 0.692.